The van der Waals surface area contributed by atoms with E-state index in [1.54, 1.807) is 18.2 Å². The first-order valence-corrected chi connectivity index (χ1v) is 5.69. The third kappa shape index (κ3) is 3.82. The summed E-state index contributed by atoms with van der Waals surface area (Å²) < 4.78 is 13.3. The van der Waals surface area contributed by atoms with E-state index in [0.717, 1.165) is 0 Å². The van der Waals surface area contributed by atoms with E-state index in [-0.39, 0.29) is 18.3 Å². The number of hydrogen-bond donors (Lipinski definition) is 2. The molecule has 0 aliphatic heterocycles. The Balaban J connectivity index is 2.57. The van der Waals surface area contributed by atoms with Crippen LogP contribution in [0, 0.1) is 11.2 Å². The van der Waals surface area contributed by atoms with Crippen LogP contribution >= 0.6 is 0 Å². The Labute approximate surface area is 101 Å². The Bertz CT molecular complexity index is 391. The van der Waals surface area contributed by atoms with Crippen molar-refractivity contribution >= 4 is 5.91 Å². The highest BCUT2D eigenvalue weighted by Gasteiger charge is 2.26. The molecule has 0 radical (unpaired) electrons. The van der Waals surface area contributed by atoms with Crippen molar-refractivity contribution in [1.29, 1.82) is 0 Å². The van der Waals surface area contributed by atoms with E-state index in [2.05, 4.69) is 5.32 Å². The largest absolute Gasteiger partial charge is 0.351 e. The minimum Gasteiger partial charge on any atom is -0.351 e. The van der Waals surface area contributed by atoms with Crippen molar-refractivity contribution in [3.05, 3.63) is 35.6 Å². The fraction of sp³-hybridized carbons (Fsp3) is 0.462. The van der Waals surface area contributed by atoms with Gasteiger partial charge in [-0.15, -0.1) is 0 Å². The predicted molar refractivity (Wildman–Crippen MR) is 65.7 cm³/mol. The van der Waals surface area contributed by atoms with Gasteiger partial charge in [-0.2, -0.15) is 0 Å². The number of carbonyl (C=O) groups is 1. The van der Waals surface area contributed by atoms with Crippen LogP contribution in [-0.2, 0) is 11.3 Å². The van der Waals surface area contributed by atoms with Crippen LogP contribution in [0.1, 0.15) is 25.8 Å². The normalized spacial score (nSPS) is 11.3. The van der Waals surface area contributed by atoms with Crippen molar-refractivity contribution in [2.24, 2.45) is 11.1 Å². The van der Waals surface area contributed by atoms with Gasteiger partial charge in [-0.05, 0) is 19.0 Å². The van der Waals surface area contributed by atoms with Crippen molar-refractivity contribution in [3.8, 4) is 0 Å². The van der Waals surface area contributed by atoms with E-state index in [1.807, 2.05) is 13.8 Å². The van der Waals surface area contributed by atoms with E-state index in [4.69, 9.17) is 5.73 Å². The van der Waals surface area contributed by atoms with Gasteiger partial charge in [-0.25, -0.2) is 4.39 Å². The molecule has 0 aromatic heterocycles. The lowest BCUT2D eigenvalue weighted by molar-refractivity contribution is -0.129. The zero-order chi connectivity index (χ0) is 12.9. The Hall–Kier alpha value is -1.42. The molecule has 17 heavy (non-hydrogen) atoms. The standard InChI is InChI=1S/C13H19FN2O/c1-13(2,7-8-15)12(17)16-9-10-5-3-4-6-11(10)14/h3-6H,7-9,15H2,1-2H3,(H,16,17). The summed E-state index contributed by atoms with van der Waals surface area (Å²) in [6, 6.07) is 6.41. The summed E-state index contributed by atoms with van der Waals surface area (Å²) in [5.74, 6) is -0.407. The third-order valence-corrected chi connectivity index (χ3v) is 2.78. The SMILES string of the molecule is CC(C)(CCN)C(=O)NCc1ccccc1F. The fourth-order valence-electron chi connectivity index (χ4n) is 1.53. The van der Waals surface area contributed by atoms with Crippen molar-refractivity contribution in [2.45, 2.75) is 26.8 Å². The molecule has 0 heterocycles. The minimum atomic E-state index is -0.514. The molecule has 0 bridgehead atoms. The van der Waals surface area contributed by atoms with Crippen molar-refractivity contribution < 1.29 is 9.18 Å². The monoisotopic (exact) mass is 238 g/mol. The van der Waals surface area contributed by atoms with Crippen LogP contribution in [0.25, 0.3) is 0 Å². The van der Waals surface area contributed by atoms with Crippen LogP contribution in [-0.4, -0.2) is 12.5 Å². The van der Waals surface area contributed by atoms with Crippen LogP contribution in [0.2, 0.25) is 0 Å². The van der Waals surface area contributed by atoms with E-state index < -0.39 is 5.41 Å². The van der Waals surface area contributed by atoms with Gasteiger partial charge in [0.15, 0.2) is 0 Å². The van der Waals surface area contributed by atoms with Gasteiger partial charge in [0, 0.05) is 17.5 Å². The third-order valence-electron chi connectivity index (χ3n) is 2.78. The molecule has 94 valence electrons. The van der Waals surface area contributed by atoms with Crippen LogP contribution < -0.4 is 11.1 Å². The Morgan fingerprint density at radius 1 is 1.41 bits per heavy atom. The lowest BCUT2D eigenvalue weighted by atomic mass is 9.88. The zero-order valence-corrected chi connectivity index (χ0v) is 10.3. The summed E-state index contributed by atoms with van der Waals surface area (Å²) in [5.41, 5.74) is 5.42. The highest BCUT2D eigenvalue weighted by molar-refractivity contribution is 5.81. The predicted octanol–water partition coefficient (Wildman–Crippen LogP) is 1.82. The molecule has 0 aliphatic rings. The first-order valence-electron chi connectivity index (χ1n) is 5.69. The molecule has 1 aromatic rings. The molecule has 1 aromatic carbocycles. The number of amides is 1. The van der Waals surface area contributed by atoms with Gasteiger partial charge in [0.1, 0.15) is 5.82 Å². The number of carbonyl (C=O) groups excluding carboxylic acids is 1. The Morgan fingerprint density at radius 2 is 2.06 bits per heavy atom. The zero-order valence-electron chi connectivity index (χ0n) is 10.3. The second-order valence-electron chi connectivity index (χ2n) is 4.70. The van der Waals surface area contributed by atoms with E-state index in [0.29, 0.717) is 18.5 Å². The van der Waals surface area contributed by atoms with Crippen molar-refractivity contribution in [1.82, 2.24) is 5.32 Å². The summed E-state index contributed by atoms with van der Waals surface area (Å²) in [6.07, 6.45) is 0.607. The molecule has 0 saturated heterocycles. The average Bonchev–Trinajstić information content (AvgIpc) is 2.27. The van der Waals surface area contributed by atoms with Crippen LogP contribution in [0.3, 0.4) is 0 Å². The lowest BCUT2D eigenvalue weighted by Crippen LogP contribution is -2.38. The van der Waals surface area contributed by atoms with Crippen LogP contribution in [0.15, 0.2) is 24.3 Å². The number of nitrogens with one attached hydrogen (secondary N) is 1. The van der Waals surface area contributed by atoms with Gasteiger partial charge in [-0.1, -0.05) is 32.0 Å². The lowest BCUT2D eigenvalue weighted by Gasteiger charge is -2.22. The highest BCUT2D eigenvalue weighted by atomic mass is 19.1. The Morgan fingerprint density at radius 3 is 2.65 bits per heavy atom. The second-order valence-corrected chi connectivity index (χ2v) is 4.70. The molecule has 0 aliphatic carbocycles. The minimum absolute atomic E-state index is 0.105. The highest BCUT2D eigenvalue weighted by Crippen LogP contribution is 2.19. The van der Waals surface area contributed by atoms with Gasteiger partial charge >= 0.3 is 0 Å². The topological polar surface area (TPSA) is 55.1 Å². The number of hydrogen-bond acceptors (Lipinski definition) is 2. The molecule has 0 spiro atoms. The molecule has 0 fully saturated rings. The van der Waals surface area contributed by atoms with Crippen LogP contribution in [0.5, 0.6) is 0 Å². The summed E-state index contributed by atoms with van der Waals surface area (Å²) in [4.78, 5) is 11.9. The molecule has 1 amide bonds. The Kier molecular flexibility index (Phi) is 4.63. The van der Waals surface area contributed by atoms with Gasteiger partial charge in [0.2, 0.25) is 5.91 Å². The second kappa shape index (κ2) is 5.77. The first kappa shape index (κ1) is 13.6. The summed E-state index contributed by atoms with van der Waals surface area (Å²) >= 11 is 0. The van der Waals surface area contributed by atoms with Crippen molar-refractivity contribution in [2.75, 3.05) is 6.54 Å². The van der Waals surface area contributed by atoms with Gasteiger partial charge in [0.05, 0.1) is 0 Å². The van der Waals surface area contributed by atoms with Gasteiger partial charge in [0.25, 0.3) is 0 Å². The molecule has 0 saturated carbocycles. The molecule has 4 heteroatoms. The van der Waals surface area contributed by atoms with E-state index >= 15 is 0 Å². The quantitative estimate of drug-likeness (QED) is 0.822. The maximum atomic E-state index is 13.3. The number of halogens is 1. The molecule has 1 rings (SSSR count). The van der Waals surface area contributed by atoms with Crippen molar-refractivity contribution in [3.63, 3.8) is 0 Å². The van der Waals surface area contributed by atoms with Gasteiger partial charge in [-0.3, -0.25) is 4.79 Å². The number of rotatable bonds is 5. The maximum absolute atomic E-state index is 13.3. The average molecular weight is 238 g/mol. The summed E-state index contributed by atoms with van der Waals surface area (Å²) in [7, 11) is 0. The molecule has 3 N–H and O–H groups in total. The molecule has 0 atom stereocenters. The number of nitrogens with two attached hydrogens (primary N) is 1. The van der Waals surface area contributed by atoms with E-state index in [1.165, 1.54) is 6.07 Å². The molecular formula is C13H19FN2O. The fourth-order valence-corrected chi connectivity index (χ4v) is 1.53. The van der Waals surface area contributed by atoms with Crippen LogP contribution in [0.4, 0.5) is 4.39 Å². The first-order chi connectivity index (χ1) is 7.97. The number of benzene rings is 1. The van der Waals surface area contributed by atoms with E-state index in [9.17, 15) is 9.18 Å². The maximum Gasteiger partial charge on any atom is 0.225 e. The summed E-state index contributed by atoms with van der Waals surface area (Å²) in [6.45, 7) is 4.33. The van der Waals surface area contributed by atoms with Gasteiger partial charge < -0.3 is 11.1 Å². The molecular weight excluding hydrogens is 219 g/mol. The molecule has 0 unspecified atom stereocenters. The summed E-state index contributed by atoms with van der Waals surface area (Å²) in [5, 5.41) is 2.73. The molecule has 3 nitrogen and oxygen atoms in total. The smallest absolute Gasteiger partial charge is 0.225 e.